The molecular formula is C13H22NO3P. The zero-order valence-corrected chi connectivity index (χ0v) is 12.6. The molecule has 1 rings (SSSR count). The van der Waals surface area contributed by atoms with E-state index in [0.717, 1.165) is 0 Å². The van der Waals surface area contributed by atoms with Gasteiger partial charge in [0.1, 0.15) is 5.75 Å². The Hall–Kier alpha value is -0.830. The molecule has 18 heavy (non-hydrogen) atoms. The average Bonchev–Trinajstić information content (AvgIpc) is 2.25. The van der Waals surface area contributed by atoms with Crippen LogP contribution in [-0.4, -0.2) is 16.5 Å². The summed E-state index contributed by atoms with van der Waals surface area (Å²) in [4.78, 5) is 7.12. The summed E-state index contributed by atoms with van der Waals surface area (Å²) in [6, 6.07) is 9.11. The number of para-hydroxylation sites is 1. The average molecular weight is 271 g/mol. The van der Waals surface area contributed by atoms with E-state index in [1.807, 2.05) is 52.8 Å². The van der Waals surface area contributed by atoms with Crippen molar-refractivity contribution in [2.45, 2.75) is 46.3 Å². The van der Waals surface area contributed by atoms with Gasteiger partial charge in [-0.2, -0.15) is 0 Å². The molecule has 0 aromatic heterocycles. The third kappa shape index (κ3) is 5.21. The maximum absolute atomic E-state index is 12.2. The second kappa shape index (κ2) is 6.37. The fourth-order valence-corrected chi connectivity index (χ4v) is 2.48. The summed E-state index contributed by atoms with van der Waals surface area (Å²) in [5.74, 6) is 0.588. The van der Waals surface area contributed by atoms with Crippen molar-refractivity contribution in [3.63, 3.8) is 0 Å². The first-order valence-electron chi connectivity index (χ1n) is 6.05. The van der Waals surface area contributed by atoms with Crippen LogP contribution in [0.25, 0.3) is 0 Å². The maximum Gasteiger partial charge on any atom is 0.330 e. The number of hydrogen-bond acceptors (Lipinski definition) is 3. The first-order chi connectivity index (χ1) is 8.29. The highest BCUT2D eigenvalue weighted by Gasteiger charge is 2.25. The Labute approximate surface area is 110 Å². The van der Waals surface area contributed by atoms with Crippen LogP contribution in [0.1, 0.15) is 34.6 Å². The first kappa shape index (κ1) is 15.2. The molecule has 0 aliphatic heterocycles. The quantitative estimate of drug-likeness (QED) is 0.601. The summed E-state index contributed by atoms with van der Waals surface area (Å²) in [6.07, 6.45) is 0. The molecule has 4 nitrogen and oxygen atoms in total. The number of nitrogens with zero attached hydrogens (tertiary/aromatic N) is 1. The molecule has 0 saturated carbocycles. The van der Waals surface area contributed by atoms with Crippen molar-refractivity contribution in [1.29, 1.82) is 0 Å². The zero-order valence-electron chi connectivity index (χ0n) is 11.6. The highest BCUT2D eigenvalue weighted by molar-refractivity contribution is 7.36. The largest absolute Gasteiger partial charge is 0.433 e. The third-order valence-corrected chi connectivity index (χ3v) is 3.35. The minimum Gasteiger partial charge on any atom is -0.433 e. The van der Waals surface area contributed by atoms with Crippen molar-refractivity contribution in [3.8, 4) is 5.75 Å². The molecule has 0 heterocycles. The van der Waals surface area contributed by atoms with Gasteiger partial charge in [0, 0.05) is 6.04 Å². The van der Waals surface area contributed by atoms with E-state index in [0.29, 0.717) is 5.75 Å². The van der Waals surface area contributed by atoms with Gasteiger partial charge in [0.05, 0.1) is 5.60 Å². The summed E-state index contributed by atoms with van der Waals surface area (Å²) in [7, 11) is -2.45. The standard InChI is InChI=1S/C13H22NO3P/c1-11(2)14(17-13(3,4)5)18(15)16-12-9-7-6-8-10-12/h6-11,18H,1-5H3. The lowest BCUT2D eigenvalue weighted by Gasteiger charge is -2.31. The molecule has 0 saturated heterocycles. The van der Waals surface area contributed by atoms with Crippen LogP contribution in [0.2, 0.25) is 0 Å². The van der Waals surface area contributed by atoms with Gasteiger partial charge in [0.15, 0.2) is 0 Å². The van der Waals surface area contributed by atoms with E-state index in [1.54, 1.807) is 12.1 Å². The van der Waals surface area contributed by atoms with Crippen LogP contribution in [0.15, 0.2) is 30.3 Å². The van der Waals surface area contributed by atoms with Crippen molar-refractivity contribution in [2.75, 3.05) is 0 Å². The minimum atomic E-state index is -2.45. The van der Waals surface area contributed by atoms with E-state index < -0.39 is 13.8 Å². The topological polar surface area (TPSA) is 38.8 Å². The summed E-state index contributed by atoms with van der Waals surface area (Å²) >= 11 is 0. The molecule has 0 amide bonds. The van der Waals surface area contributed by atoms with Gasteiger partial charge in [-0.05, 0) is 46.8 Å². The van der Waals surface area contributed by atoms with Crippen LogP contribution in [0.5, 0.6) is 5.75 Å². The molecule has 1 aromatic carbocycles. The van der Waals surface area contributed by atoms with Crippen molar-refractivity contribution in [3.05, 3.63) is 30.3 Å². The first-order valence-corrected chi connectivity index (χ1v) is 7.31. The molecule has 1 aromatic rings. The van der Waals surface area contributed by atoms with Crippen molar-refractivity contribution < 1.29 is 13.9 Å². The lowest BCUT2D eigenvalue weighted by Crippen LogP contribution is -2.34. The SMILES string of the molecule is CC(C)N(OC(C)(C)C)[PH](=O)Oc1ccccc1. The normalized spacial score (nSPS) is 13.9. The van der Waals surface area contributed by atoms with Crippen LogP contribution in [0, 0.1) is 0 Å². The van der Waals surface area contributed by atoms with Gasteiger partial charge in [-0.3, -0.25) is 9.40 Å². The highest BCUT2D eigenvalue weighted by atomic mass is 31.1. The fourth-order valence-electron chi connectivity index (χ4n) is 1.28. The van der Waals surface area contributed by atoms with Gasteiger partial charge in [-0.15, -0.1) is 4.83 Å². The van der Waals surface area contributed by atoms with E-state index in [2.05, 4.69) is 0 Å². The summed E-state index contributed by atoms with van der Waals surface area (Å²) in [6.45, 7) is 9.59. The number of benzene rings is 1. The zero-order chi connectivity index (χ0) is 13.8. The van der Waals surface area contributed by atoms with Gasteiger partial charge in [-0.1, -0.05) is 18.2 Å². The Morgan fingerprint density at radius 2 is 1.72 bits per heavy atom. The van der Waals surface area contributed by atoms with Gasteiger partial charge in [-0.25, -0.2) is 0 Å². The molecule has 0 aliphatic rings. The van der Waals surface area contributed by atoms with Crippen molar-refractivity contribution in [2.24, 2.45) is 0 Å². The molecule has 102 valence electrons. The van der Waals surface area contributed by atoms with Gasteiger partial charge < -0.3 is 4.52 Å². The molecule has 0 N–H and O–H groups in total. The van der Waals surface area contributed by atoms with E-state index in [9.17, 15) is 4.57 Å². The number of hydroxylamine groups is 1. The molecule has 1 atom stereocenters. The second-order valence-electron chi connectivity index (χ2n) is 5.30. The smallest absolute Gasteiger partial charge is 0.330 e. The van der Waals surface area contributed by atoms with Crippen LogP contribution in [0.4, 0.5) is 0 Å². The second-order valence-corrected chi connectivity index (χ2v) is 6.48. The Morgan fingerprint density at radius 1 is 1.17 bits per heavy atom. The Kier molecular flexibility index (Phi) is 5.39. The number of rotatable bonds is 5. The minimum absolute atomic E-state index is 0.0145. The predicted octanol–water partition coefficient (Wildman–Crippen LogP) is 3.90. The van der Waals surface area contributed by atoms with Crippen molar-refractivity contribution >= 4 is 8.18 Å². The molecule has 0 bridgehead atoms. The Balaban J connectivity index is 2.72. The molecule has 1 unspecified atom stereocenters. The third-order valence-electron chi connectivity index (χ3n) is 1.97. The van der Waals surface area contributed by atoms with E-state index in [-0.39, 0.29) is 6.04 Å². The van der Waals surface area contributed by atoms with Crippen molar-refractivity contribution in [1.82, 2.24) is 4.83 Å². The van der Waals surface area contributed by atoms with Crippen LogP contribution in [-0.2, 0) is 9.40 Å². The molecule has 0 fully saturated rings. The Bertz CT molecular complexity index is 387. The molecule has 0 aliphatic carbocycles. The summed E-state index contributed by atoms with van der Waals surface area (Å²) < 4.78 is 17.6. The van der Waals surface area contributed by atoms with E-state index in [4.69, 9.17) is 9.36 Å². The fraction of sp³-hybridized carbons (Fsp3) is 0.538. The van der Waals surface area contributed by atoms with E-state index >= 15 is 0 Å². The summed E-state index contributed by atoms with van der Waals surface area (Å²) in [5.41, 5.74) is -0.398. The maximum atomic E-state index is 12.2. The lowest BCUT2D eigenvalue weighted by atomic mass is 10.2. The summed E-state index contributed by atoms with van der Waals surface area (Å²) in [5, 5.41) is 0. The molecule has 0 spiro atoms. The van der Waals surface area contributed by atoms with Gasteiger partial charge in [0.25, 0.3) is 0 Å². The number of hydrogen-bond donors (Lipinski definition) is 0. The van der Waals surface area contributed by atoms with Gasteiger partial charge >= 0.3 is 8.18 Å². The molecule has 5 heteroatoms. The monoisotopic (exact) mass is 271 g/mol. The van der Waals surface area contributed by atoms with Gasteiger partial charge in [0.2, 0.25) is 0 Å². The molecule has 0 radical (unpaired) electrons. The molecular weight excluding hydrogens is 249 g/mol. The van der Waals surface area contributed by atoms with Crippen LogP contribution >= 0.6 is 8.18 Å². The van der Waals surface area contributed by atoms with Crippen LogP contribution in [0.3, 0.4) is 0 Å². The highest BCUT2D eigenvalue weighted by Crippen LogP contribution is 2.35. The predicted molar refractivity (Wildman–Crippen MR) is 73.9 cm³/mol. The van der Waals surface area contributed by atoms with Crippen LogP contribution < -0.4 is 4.52 Å². The lowest BCUT2D eigenvalue weighted by molar-refractivity contribution is -0.187. The Morgan fingerprint density at radius 3 is 2.17 bits per heavy atom. The van der Waals surface area contributed by atoms with E-state index in [1.165, 1.54) is 4.83 Å².